The van der Waals surface area contributed by atoms with Crippen molar-refractivity contribution in [2.45, 2.75) is 19.9 Å². The van der Waals surface area contributed by atoms with Gasteiger partial charge in [-0.3, -0.25) is 4.90 Å². The molecular formula is C13H22N2O3. The summed E-state index contributed by atoms with van der Waals surface area (Å²) in [6.07, 6.45) is 2.50. The van der Waals surface area contributed by atoms with Crippen LogP contribution in [0.3, 0.4) is 0 Å². The zero-order valence-electron chi connectivity index (χ0n) is 11.3. The van der Waals surface area contributed by atoms with Crippen molar-refractivity contribution in [1.29, 1.82) is 0 Å². The molecule has 0 saturated carbocycles. The summed E-state index contributed by atoms with van der Waals surface area (Å²) in [6.45, 7) is 5.47. The number of aromatic carboxylic acids is 1. The van der Waals surface area contributed by atoms with Crippen LogP contribution < -0.4 is 0 Å². The molecule has 0 amide bonds. The Bertz CT molecular complexity index is 374. The first-order chi connectivity index (χ1) is 8.54. The molecule has 0 aliphatic heterocycles. The van der Waals surface area contributed by atoms with Gasteiger partial charge in [0.1, 0.15) is 11.3 Å². The van der Waals surface area contributed by atoms with Gasteiger partial charge in [0.15, 0.2) is 0 Å². The van der Waals surface area contributed by atoms with Crippen LogP contribution in [0, 0.1) is 0 Å². The number of rotatable bonds is 8. The number of carboxylic acid groups (broad SMARTS) is 1. The van der Waals surface area contributed by atoms with E-state index in [1.807, 2.05) is 14.1 Å². The summed E-state index contributed by atoms with van der Waals surface area (Å²) in [6, 6.07) is 1.51. The topological polar surface area (TPSA) is 56.9 Å². The van der Waals surface area contributed by atoms with Gasteiger partial charge in [0, 0.05) is 0 Å². The average Bonchev–Trinajstić information content (AvgIpc) is 2.75. The molecule has 0 bridgehead atoms. The van der Waals surface area contributed by atoms with Crippen molar-refractivity contribution in [3.63, 3.8) is 0 Å². The molecule has 1 aromatic rings. The molecule has 1 heterocycles. The van der Waals surface area contributed by atoms with Gasteiger partial charge in [-0.2, -0.15) is 0 Å². The molecule has 0 spiro atoms. The summed E-state index contributed by atoms with van der Waals surface area (Å²) in [5.74, 6) is -0.391. The Labute approximate surface area is 108 Å². The molecule has 0 aliphatic rings. The first-order valence-corrected chi connectivity index (χ1v) is 6.21. The predicted octanol–water partition coefficient (Wildman–Crippen LogP) is 1.75. The molecule has 0 aliphatic carbocycles. The molecule has 1 N–H and O–H groups in total. The highest BCUT2D eigenvalue weighted by molar-refractivity contribution is 5.88. The van der Waals surface area contributed by atoms with Crippen molar-refractivity contribution in [3.05, 3.63) is 23.7 Å². The van der Waals surface area contributed by atoms with Gasteiger partial charge in [0.25, 0.3) is 0 Å². The van der Waals surface area contributed by atoms with Gasteiger partial charge < -0.3 is 14.4 Å². The number of nitrogens with zero attached hydrogens (tertiary/aromatic N) is 2. The minimum atomic E-state index is -0.928. The molecular weight excluding hydrogens is 232 g/mol. The third kappa shape index (κ3) is 4.50. The predicted molar refractivity (Wildman–Crippen MR) is 69.8 cm³/mol. The van der Waals surface area contributed by atoms with Gasteiger partial charge in [-0.25, -0.2) is 4.79 Å². The molecule has 18 heavy (non-hydrogen) atoms. The van der Waals surface area contributed by atoms with Gasteiger partial charge in [-0.15, -0.1) is 0 Å². The van der Waals surface area contributed by atoms with Crippen LogP contribution in [0.25, 0.3) is 0 Å². The Morgan fingerprint density at radius 3 is 2.67 bits per heavy atom. The first-order valence-electron chi connectivity index (χ1n) is 6.21. The van der Waals surface area contributed by atoms with Crippen molar-refractivity contribution in [2.75, 3.05) is 33.7 Å². The highest BCUT2D eigenvalue weighted by Crippen LogP contribution is 2.13. The molecule has 0 radical (unpaired) electrons. The van der Waals surface area contributed by atoms with Crippen LogP contribution in [0.1, 0.15) is 29.5 Å². The van der Waals surface area contributed by atoms with Gasteiger partial charge in [0.2, 0.25) is 0 Å². The van der Waals surface area contributed by atoms with E-state index in [4.69, 9.17) is 9.52 Å². The second-order valence-corrected chi connectivity index (χ2v) is 4.59. The third-order valence-corrected chi connectivity index (χ3v) is 2.87. The minimum absolute atomic E-state index is 0.265. The molecule has 0 unspecified atom stereocenters. The van der Waals surface area contributed by atoms with Crippen molar-refractivity contribution in [3.8, 4) is 0 Å². The number of hydrogen-bond acceptors (Lipinski definition) is 4. The summed E-state index contributed by atoms with van der Waals surface area (Å²) in [5.41, 5.74) is 0.265. The quantitative estimate of drug-likeness (QED) is 0.766. The van der Waals surface area contributed by atoms with Crippen LogP contribution in [-0.2, 0) is 6.54 Å². The molecule has 0 saturated heterocycles. The largest absolute Gasteiger partial charge is 0.478 e. The third-order valence-electron chi connectivity index (χ3n) is 2.87. The fourth-order valence-electron chi connectivity index (χ4n) is 1.82. The molecule has 1 rings (SSSR count). The van der Waals surface area contributed by atoms with E-state index in [1.165, 1.54) is 12.3 Å². The van der Waals surface area contributed by atoms with Crippen molar-refractivity contribution in [1.82, 2.24) is 9.80 Å². The molecule has 5 nitrogen and oxygen atoms in total. The van der Waals surface area contributed by atoms with Crippen LogP contribution in [-0.4, -0.2) is 54.6 Å². The van der Waals surface area contributed by atoms with E-state index in [9.17, 15) is 4.79 Å². The van der Waals surface area contributed by atoms with Gasteiger partial charge in [-0.05, 0) is 46.2 Å². The fraction of sp³-hybridized carbons (Fsp3) is 0.615. The molecule has 102 valence electrons. The highest BCUT2D eigenvalue weighted by atomic mass is 16.4. The highest BCUT2D eigenvalue weighted by Gasteiger charge is 2.15. The van der Waals surface area contributed by atoms with E-state index < -0.39 is 5.97 Å². The maximum atomic E-state index is 11.0. The maximum Gasteiger partial charge on any atom is 0.339 e. The summed E-state index contributed by atoms with van der Waals surface area (Å²) in [5, 5.41) is 9.00. The van der Waals surface area contributed by atoms with Crippen LogP contribution in [0.4, 0.5) is 0 Å². The van der Waals surface area contributed by atoms with E-state index in [0.717, 1.165) is 26.1 Å². The minimum Gasteiger partial charge on any atom is -0.478 e. The second kappa shape index (κ2) is 7.18. The fourth-order valence-corrected chi connectivity index (χ4v) is 1.82. The van der Waals surface area contributed by atoms with Gasteiger partial charge in [-0.1, -0.05) is 6.92 Å². The van der Waals surface area contributed by atoms with Crippen molar-refractivity contribution >= 4 is 5.97 Å². The summed E-state index contributed by atoms with van der Waals surface area (Å²) >= 11 is 0. The second-order valence-electron chi connectivity index (χ2n) is 4.59. The SMILES string of the molecule is CCN(CCCN(C)C)Cc1occc1C(=O)O. The summed E-state index contributed by atoms with van der Waals surface area (Å²) in [7, 11) is 4.09. The molecule has 0 atom stereocenters. The Balaban J connectivity index is 2.51. The number of furan rings is 1. The lowest BCUT2D eigenvalue weighted by Gasteiger charge is -2.20. The van der Waals surface area contributed by atoms with Crippen LogP contribution in [0.5, 0.6) is 0 Å². The Hall–Kier alpha value is -1.33. The van der Waals surface area contributed by atoms with Crippen molar-refractivity contribution in [2.24, 2.45) is 0 Å². The molecule has 0 aromatic carbocycles. The van der Waals surface area contributed by atoms with E-state index in [1.54, 1.807) is 0 Å². The first kappa shape index (κ1) is 14.7. The van der Waals surface area contributed by atoms with Gasteiger partial charge >= 0.3 is 5.97 Å². The Morgan fingerprint density at radius 2 is 2.11 bits per heavy atom. The Morgan fingerprint density at radius 1 is 1.39 bits per heavy atom. The number of carbonyl (C=O) groups is 1. The summed E-state index contributed by atoms with van der Waals surface area (Å²) in [4.78, 5) is 15.3. The lowest BCUT2D eigenvalue weighted by Crippen LogP contribution is -2.27. The van der Waals surface area contributed by atoms with Crippen molar-refractivity contribution < 1.29 is 14.3 Å². The number of hydrogen-bond donors (Lipinski definition) is 1. The van der Waals surface area contributed by atoms with Crippen LogP contribution in [0.15, 0.2) is 16.7 Å². The van der Waals surface area contributed by atoms with Crippen LogP contribution in [0.2, 0.25) is 0 Å². The smallest absolute Gasteiger partial charge is 0.339 e. The summed E-state index contributed by atoms with van der Waals surface area (Å²) < 4.78 is 5.25. The zero-order valence-corrected chi connectivity index (χ0v) is 11.3. The lowest BCUT2D eigenvalue weighted by molar-refractivity contribution is 0.0692. The molecule has 1 aromatic heterocycles. The standard InChI is InChI=1S/C13H22N2O3/c1-4-15(8-5-7-14(2)3)10-12-11(13(16)17)6-9-18-12/h6,9H,4-5,7-8,10H2,1-3H3,(H,16,17). The lowest BCUT2D eigenvalue weighted by atomic mass is 10.2. The Kier molecular flexibility index (Phi) is 5.88. The van der Waals surface area contributed by atoms with E-state index >= 15 is 0 Å². The normalized spacial score (nSPS) is 11.4. The number of carboxylic acids is 1. The van der Waals surface area contributed by atoms with E-state index in [0.29, 0.717) is 12.3 Å². The van der Waals surface area contributed by atoms with Crippen LogP contribution >= 0.6 is 0 Å². The monoisotopic (exact) mass is 254 g/mol. The maximum absolute atomic E-state index is 11.0. The average molecular weight is 254 g/mol. The van der Waals surface area contributed by atoms with E-state index in [-0.39, 0.29) is 5.56 Å². The van der Waals surface area contributed by atoms with E-state index in [2.05, 4.69) is 16.7 Å². The van der Waals surface area contributed by atoms with Gasteiger partial charge in [0.05, 0.1) is 12.8 Å². The zero-order chi connectivity index (χ0) is 13.5. The molecule has 5 heteroatoms. The molecule has 0 fully saturated rings.